The zero-order valence-electron chi connectivity index (χ0n) is 11.7. The van der Waals surface area contributed by atoms with Gasteiger partial charge in [-0.25, -0.2) is 0 Å². The Hall–Kier alpha value is -1.75. The lowest BCUT2D eigenvalue weighted by Gasteiger charge is -2.23. The lowest BCUT2D eigenvalue weighted by Crippen LogP contribution is -2.50. The minimum Gasteiger partial charge on any atom is -0.486 e. The molecule has 0 spiro atoms. The van der Waals surface area contributed by atoms with Crippen molar-refractivity contribution in [1.82, 2.24) is 10.6 Å². The van der Waals surface area contributed by atoms with Crippen LogP contribution in [0.5, 0.6) is 11.5 Å². The number of rotatable bonds is 3. The standard InChI is InChI=1S/C15H20N2O3/c1-15(5-2-6-17-15)14(18)16-10-11-3-4-12-13(9-11)20-8-7-19-12/h3-4,9,17H,2,5-8,10H2,1H3,(H,16,18). The normalized spacial score (nSPS) is 24.4. The highest BCUT2D eigenvalue weighted by molar-refractivity contribution is 5.86. The summed E-state index contributed by atoms with van der Waals surface area (Å²) in [6.45, 7) is 4.54. The van der Waals surface area contributed by atoms with Gasteiger partial charge in [-0.05, 0) is 44.0 Å². The summed E-state index contributed by atoms with van der Waals surface area (Å²) in [4.78, 5) is 12.2. The molecule has 2 N–H and O–H groups in total. The Morgan fingerprint density at radius 1 is 1.35 bits per heavy atom. The highest BCUT2D eigenvalue weighted by Gasteiger charge is 2.35. The van der Waals surface area contributed by atoms with Gasteiger partial charge in [-0.3, -0.25) is 4.79 Å². The molecule has 1 saturated heterocycles. The summed E-state index contributed by atoms with van der Waals surface area (Å²) >= 11 is 0. The highest BCUT2D eigenvalue weighted by atomic mass is 16.6. The van der Waals surface area contributed by atoms with Gasteiger partial charge in [0.25, 0.3) is 0 Å². The van der Waals surface area contributed by atoms with Crippen molar-refractivity contribution in [1.29, 1.82) is 0 Å². The number of amides is 1. The third kappa shape index (κ3) is 2.58. The number of fused-ring (bicyclic) bond motifs is 1. The van der Waals surface area contributed by atoms with Crippen LogP contribution >= 0.6 is 0 Å². The summed E-state index contributed by atoms with van der Waals surface area (Å²) in [5.74, 6) is 1.59. The summed E-state index contributed by atoms with van der Waals surface area (Å²) in [7, 11) is 0. The maximum atomic E-state index is 12.2. The van der Waals surface area contributed by atoms with E-state index in [9.17, 15) is 4.79 Å². The van der Waals surface area contributed by atoms with Crippen LogP contribution in [-0.2, 0) is 11.3 Å². The number of hydrogen-bond acceptors (Lipinski definition) is 4. The van der Waals surface area contributed by atoms with Crippen LogP contribution < -0.4 is 20.1 Å². The number of nitrogens with one attached hydrogen (secondary N) is 2. The molecule has 1 aromatic carbocycles. The maximum absolute atomic E-state index is 12.2. The van der Waals surface area contributed by atoms with E-state index in [1.807, 2.05) is 25.1 Å². The molecule has 2 aliphatic heterocycles. The molecule has 0 radical (unpaired) electrons. The van der Waals surface area contributed by atoms with E-state index >= 15 is 0 Å². The number of carbonyl (C=O) groups is 1. The molecule has 0 saturated carbocycles. The first-order valence-electron chi connectivity index (χ1n) is 7.09. The largest absolute Gasteiger partial charge is 0.486 e. The summed E-state index contributed by atoms with van der Waals surface area (Å²) in [5, 5.41) is 6.25. The van der Waals surface area contributed by atoms with Gasteiger partial charge in [-0.1, -0.05) is 6.07 Å². The molecule has 108 valence electrons. The summed E-state index contributed by atoms with van der Waals surface area (Å²) in [6, 6.07) is 5.78. The van der Waals surface area contributed by atoms with E-state index < -0.39 is 5.54 Å². The van der Waals surface area contributed by atoms with E-state index in [4.69, 9.17) is 9.47 Å². The van der Waals surface area contributed by atoms with Gasteiger partial charge in [-0.2, -0.15) is 0 Å². The molecule has 0 bridgehead atoms. The zero-order chi connectivity index (χ0) is 14.0. The van der Waals surface area contributed by atoms with Gasteiger partial charge in [0, 0.05) is 6.54 Å². The van der Waals surface area contributed by atoms with Gasteiger partial charge in [0.2, 0.25) is 5.91 Å². The van der Waals surface area contributed by atoms with Crippen LogP contribution in [0.15, 0.2) is 18.2 Å². The molecule has 1 aromatic rings. The van der Waals surface area contributed by atoms with E-state index in [1.165, 1.54) is 0 Å². The molecule has 2 heterocycles. The summed E-state index contributed by atoms with van der Waals surface area (Å²) in [6.07, 6.45) is 1.94. The first-order chi connectivity index (χ1) is 9.67. The molecular formula is C15H20N2O3. The number of hydrogen-bond donors (Lipinski definition) is 2. The predicted molar refractivity (Wildman–Crippen MR) is 74.9 cm³/mol. The SMILES string of the molecule is CC1(C(=O)NCc2ccc3c(c2)OCCO3)CCCN1. The molecule has 2 aliphatic rings. The second kappa shape index (κ2) is 5.32. The molecular weight excluding hydrogens is 256 g/mol. The van der Waals surface area contributed by atoms with Gasteiger partial charge in [0.15, 0.2) is 11.5 Å². The molecule has 3 rings (SSSR count). The quantitative estimate of drug-likeness (QED) is 0.871. The fraction of sp³-hybridized carbons (Fsp3) is 0.533. The molecule has 1 amide bonds. The highest BCUT2D eigenvalue weighted by Crippen LogP contribution is 2.30. The van der Waals surface area contributed by atoms with Crippen LogP contribution in [0.25, 0.3) is 0 Å². The van der Waals surface area contributed by atoms with E-state index in [-0.39, 0.29) is 5.91 Å². The number of ether oxygens (including phenoxy) is 2. The Kier molecular flexibility index (Phi) is 3.53. The minimum absolute atomic E-state index is 0.0601. The maximum Gasteiger partial charge on any atom is 0.240 e. The van der Waals surface area contributed by atoms with E-state index in [0.29, 0.717) is 19.8 Å². The van der Waals surface area contributed by atoms with Gasteiger partial charge in [0.1, 0.15) is 13.2 Å². The van der Waals surface area contributed by atoms with E-state index in [0.717, 1.165) is 36.4 Å². The molecule has 5 heteroatoms. The smallest absolute Gasteiger partial charge is 0.240 e. The van der Waals surface area contributed by atoms with E-state index in [1.54, 1.807) is 0 Å². The molecule has 1 fully saturated rings. The van der Waals surface area contributed by atoms with Crippen LogP contribution in [0.2, 0.25) is 0 Å². The molecule has 5 nitrogen and oxygen atoms in total. The van der Waals surface area contributed by atoms with Crippen LogP contribution in [-0.4, -0.2) is 31.2 Å². The Balaban J connectivity index is 1.62. The van der Waals surface area contributed by atoms with Crippen LogP contribution in [0.4, 0.5) is 0 Å². The lowest BCUT2D eigenvalue weighted by molar-refractivity contribution is -0.126. The summed E-state index contributed by atoms with van der Waals surface area (Å²) < 4.78 is 11.0. The van der Waals surface area contributed by atoms with Crippen molar-refractivity contribution in [2.24, 2.45) is 0 Å². The Morgan fingerprint density at radius 3 is 2.90 bits per heavy atom. The average molecular weight is 276 g/mol. The van der Waals surface area contributed by atoms with Crippen molar-refractivity contribution in [3.8, 4) is 11.5 Å². The van der Waals surface area contributed by atoms with Gasteiger partial charge < -0.3 is 20.1 Å². The number of carbonyl (C=O) groups excluding carboxylic acids is 1. The van der Waals surface area contributed by atoms with Gasteiger partial charge in [0.05, 0.1) is 5.54 Å². The average Bonchev–Trinajstić information content (AvgIpc) is 2.92. The molecule has 0 aliphatic carbocycles. The third-order valence-electron chi connectivity index (χ3n) is 3.93. The summed E-state index contributed by atoms with van der Waals surface area (Å²) in [5.41, 5.74) is 0.595. The van der Waals surface area contributed by atoms with Gasteiger partial charge in [-0.15, -0.1) is 0 Å². The Labute approximate surface area is 118 Å². The molecule has 20 heavy (non-hydrogen) atoms. The van der Waals surface area contributed by atoms with Crippen molar-refractivity contribution in [3.05, 3.63) is 23.8 Å². The van der Waals surface area contributed by atoms with Crippen LogP contribution in [0.1, 0.15) is 25.3 Å². The Bertz CT molecular complexity index is 510. The van der Waals surface area contributed by atoms with Crippen LogP contribution in [0, 0.1) is 0 Å². The van der Waals surface area contributed by atoms with Crippen molar-refractivity contribution in [2.45, 2.75) is 31.8 Å². The lowest BCUT2D eigenvalue weighted by atomic mass is 9.99. The number of benzene rings is 1. The molecule has 1 unspecified atom stereocenters. The fourth-order valence-electron chi connectivity index (χ4n) is 2.66. The first-order valence-corrected chi connectivity index (χ1v) is 7.09. The van der Waals surface area contributed by atoms with Crippen LogP contribution in [0.3, 0.4) is 0 Å². The third-order valence-corrected chi connectivity index (χ3v) is 3.93. The first kappa shape index (κ1) is 13.2. The fourth-order valence-corrected chi connectivity index (χ4v) is 2.66. The predicted octanol–water partition coefficient (Wildman–Crippen LogP) is 1.22. The van der Waals surface area contributed by atoms with Crippen molar-refractivity contribution in [3.63, 3.8) is 0 Å². The van der Waals surface area contributed by atoms with Gasteiger partial charge >= 0.3 is 0 Å². The van der Waals surface area contributed by atoms with Crippen molar-refractivity contribution in [2.75, 3.05) is 19.8 Å². The Morgan fingerprint density at radius 2 is 2.15 bits per heavy atom. The monoisotopic (exact) mass is 276 g/mol. The van der Waals surface area contributed by atoms with E-state index in [2.05, 4.69) is 10.6 Å². The second-order valence-electron chi connectivity index (χ2n) is 5.52. The van der Waals surface area contributed by atoms with Crippen molar-refractivity contribution < 1.29 is 14.3 Å². The molecule has 1 atom stereocenters. The van der Waals surface area contributed by atoms with Crippen molar-refractivity contribution >= 4 is 5.91 Å². The topological polar surface area (TPSA) is 59.6 Å². The second-order valence-corrected chi connectivity index (χ2v) is 5.52. The molecule has 0 aromatic heterocycles. The minimum atomic E-state index is -0.423. The zero-order valence-corrected chi connectivity index (χ0v) is 11.7.